The van der Waals surface area contributed by atoms with Crippen LogP contribution in [0.3, 0.4) is 0 Å². The highest BCUT2D eigenvalue weighted by Crippen LogP contribution is 2.28. The fourth-order valence-electron chi connectivity index (χ4n) is 3.12. The van der Waals surface area contributed by atoms with Crippen molar-refractivity contribution in [1.29, 1.82) is 0 Å². The summed E-state index contributed by atoms with van der Waals surface area (Å²) in [5.41, 5.74) is 4.56. The molecule has 2 heterocycles. The minimum absolute atomic E-state index is 0.0508. The number of nitrogens with zero attached hydrogens (tertiary/aromatic N) is 3. The zero-order chi connectivity index (χ0) is 21.8. The van der Waals surface area contributed by atoms with Gasteiger partial charge in [0.25, 0.3) is 0 Å². The quantitative estimate of drug-likeness (QED) is 0.323. The molecule has 0 aliphatic rings. The van der Waals surface area contributed by atoms with Crippen LogP contribution in [0.5, 0.6) is 5.75 Å². The Kier molecular flexibility index (Phi) is 6.44. The largest absolute Gasteiger partial charge is 0.497 e. The van der Waals surface area contributed by atoms with Crippen LogP contribution >= 0.6 is 23.4 Å². The fraction of sp³-hybridized carbons (Fsp3) is 0.174. The zero-order valence-corrected chi connectivity index (χ0v) is 18.7. The molecule has 0 saturated heterocycles. The summed E-state index contributed by atoms with van der Waals surface area (Å²) in [5.74, 6) is 1.03. The summed E-state index contributed by atoms with van der Waals surface area (Å²) in [4.78, 5) is 17.0. The van der Waals surface area contributed by atoms with Crippen LogP contribution in [0.4, 0.5) is 0 Å². The molecule has 4 aromatic rings. The number of aryl methyl sites for hydroxylation is 1. The second-order valence-electron chi connectivity index (χ2n) is 6.95. The molecule has 0 aliphatic carbocycles. The number of fused-ring (bicyclic) bond motifs is 1. The van der Waals surface area contributed by atoms with E-state index < -0.39 is 0 Å². The molecule has 158 valence electrons. The molecule has 0 unspecified atom stereocenters. The topological polar surface area (TPSA) is 68.5 Å². The summed E-state index contributed by atoms with van der Waals surface area (Å²) < 4.78 is 7.02. The molecule has 0 fully saturated rings. The van der Waals surface area contributed by atoms with Crippen molar-refractivity contribution in [2.24, 2.45) is 0 Å². The molecular weight excluding hydrogens is 432 g/mol. The summed E-state index contributed by atoms with van der Waals surface area (Å²) >= 11 is 7.33. The molecule has 2 aromatic carbocycles. The summed E-state index contributed by atoms with van der Waals surface area (Å²) in [7, 11) is 1.64. The number of carbonyl (C=O) groups is 1. The molecule has 0 saturated carbocycles. The maximum Gasteiger partial charge on any atom is 0.230 e. The van der Waals surface area contributed by atoms with E-state index in [9.17, 15) is 4.79 Å². The van der Waals surface area contributed by atoms with Gasteiger partial charge in [0.2, 0.25) is 5.91 Å². The molecule has 0 atom stereocenters. The lowest BCUT2D eigenvalue weighted by Crippen LogP contribution is -2.24. The molecule has 2 aromatic heterocycles. The monoisotopic (exact) mass is 452 g/mol. The van der Waals surface area contributed by atoms with Gasteiger partial charge in [-0.25, -0.2) is 9.50 Å². The average molecular weight is 453 g/mol. The van der Waals surface area contributed by atoms with Crippen LogP contribution in [0.25, 0.3) is 16.8 Å². The number of hydrogen-bond acceptors (Lipinski definition) is 5. The Balaban J connectivity index is 1.48. The normalized spacial score (nSPS) is 10.9. The first kappa shape index (κ1) is 21.2. The predicted molar refractivity (Wildman–Crippen MR) is 124 cm³/mol. The van der Waals surface area contributed by atoms with Crippen molar-refractivity contribution in [2.45, 2.75) is 18.5 Å². The lowest BCUT2D eigenvalue weighted by molar-refractivity contribution is -0.118. The Hall–Kier alpha value is -3.03. The Morgan fingerprint density at radius 3 is 2.61 bits per heavy atom. The lowest BCUT2D eigenvalue weighted by Gasteiger charge is -2.08. The molecule has 0 aliphatic heterocycles. The van der Waals surface area contributed by atoms with Crippen LogP contribution < -0.4 is 10.1 Å². The van der Waals surface area contributed by atoms with Gasteiger partial charge in [-0.15, -0.1) is 0 Å². The average Bonchev–Trinajstić information content (AvgIpc) is 3.21. The van der Waals surface area contributed by atoms with Crippen LogP contribution in [0, 0.1) is 6.92 Å². The number of halogens is 1. The van der Waals surface area contributed by atoms with Crippen molar-refractivity contribution < 1.29 is 9.53 Å². The zero-order valence-electron chi connectivity index (χ0n) is 17.1. The number of carbonyl (C=O) groups excluding carboxylic acids is 1. The van der Waals surface area contributed by atoms with E-state index in [1.54, 1.807) is 17.8 Å². The van der Waals surface area contributed by atoms with Crippen LogP contribution in [0.15, 0.2) is 65.8 Å². The van der Waals surface area contributed by atoms with E-state index in [1.165, 1.54) is 11.8 Å². The van der Waals surface area contributed by atoms with Gasteiger partial charge in [-0.1, -0.05) is 47.6 Å². The number of rotatable bonds is 7. The van der Waals surface area contributed by atoms with Crippen molar-refractivity contribution >= 4 is 34.9 Å². The Bertz CT molecular complexity index is 1210. The van der Waals surface area contributed by atoms with E-state index in [4.69, 9.17) is 16.3 Å². The van der Waals surface area contributed by atoms with E-state index in [0.717, 1.165) is 38.8 Å². The second kappa shape index (κ2) is 9.41. The van der Waals surface area contributed by atoms with Crippen LogP contribution in [-0.4, -0.2) is 33.4 Å². The maximum absolute atomic E-state index is 12.3. The summed E-state index contributed by atoms with van der Waals surface area (Å²) in [6, 6.07) is 17.2. The minimum atomic E-state index is -0.0508. The van der Waals surface area contributed by atoms with Crippen LogP contribution in [0.1, 0.15) is 11.3 Å². The number of thioether (sulfide) groups is 1. The molecule has 6 nitrogen and oxygen atoms in total. The SMILES string of the molecule is COc1ccc(-c2cnn3c(SCC(=O)NCc4ccc(Cl)cc4)cc(C)nc23)cc1. The fourth-order valence-corrected chi connectivity index (χ4v) is 4.14. The van der Waals surface area contributed by atoms with Crippen molar-refractivity contribution in [3.05, 3.63) is 77.1 Å². The first-order chi connectivity index (χ1) is 15.0. The second-order valence-corrected chi connectivity index (χ2v) is 8.38. The van der Waals surface area contributed by atoms with Gasteiger partial charge in [0.05, 0.1) is 19.1 Å². The van der Waals surface area contributed by atoms with E-state index in [2.05, 4.69) is 15.4 Å². The number of amides is 1. The van der Waals surface area contributed by atoms with E-state index >= 15 is 0 Å². The third-order valence-electron chi connectivity index (χ3n) is 4.72. The summed E-state index contributed by atoms with van der Waals surface area (Å²) in [6.45, 7) is 2.40. The van der Waals surface area contributed by atoms with Gasteiger partial charge in [-0.3, -0.25) is 4.79 Å². The van der Waals surface area contributed by atoms with Gasteiger partial charge in [-0.2, -0.15) is 5.10 Å². The molecule has 1 amide bonds. The van der Waals surface area contributed by atoms with Crippen LogP contribution in [0.2, 0.25) is 5.02 Å². The Morgan fingerprint density at radius 2 is 1.90 bits per heavy atom. The summed E-state index contributed by atoms with van der Waals surface area (Å²) in [5, 5.41) is 8.99. The minimum Gasteiger partial charge on any atom is -0.497 e. The van der Waals surface area contributed by atoms with Gasteiger partial charge in [0.15, 0.2) is 5.65 Å². The third-order valence-corrected chi connectivity index (χ3v) is 5.97. The first-order valence-corrected chi connectivity index (χ1v) is 11.0. The highest BCUT2D eigenvalue weighted by molar-refractivity contribution is 7.99. The van der Waals surface area contributed by atoms with Gasteiger partial charge >= 0.3 is 0 Å². The number of hydrogen-bond donors (Lipinski definition) is 1. The van der Waals surface area contributed by atoms with Crippen molar-refractivity contribution in [3.8, 4) is 16.9 Å². The van der Waals surface area contributed by atoms with Gasteiger partial charge in [0, 0.05) is 22.8 Å². The van der Waals surface area contributed by atoms with Crippen molar-refractivity contribution in [2.75, 3.05) is 12.9 Å². The first-order valence-electron chi connectivity index (χ1n) is 9.67. The lowest BCUT2D eigenvalue weighted by atomic mass is 10.1. The maximum atomic E-state index is 12.3. The van der Waals surface area contributed by atoms with E-state index in [1.807, 2.05) is 61.5 Å². The van der Waals surface area contributed by atoms with Crippen molar-refractivity contribution in [1.82, 2.24) is 19.9 Å². The van der Waals surface area contributed by atoms with Crippen molar-refractivity contribution in [3.63, 3.8) is 0 Å². The van der Waals surface area contributed by atoms with Crippen LogP contribution in [-0.2, 0) is 11.3 Å². The molecule has 31 heavy (non-hydrogen) atoms. The molecule has 0 bridgehead atoms. The standard InChI is InChI=1S/C23H21ClN4O2S/c1-15-11-22(31-14-21(29)25-12-16-3-7-18(24)8-4-16)28-23(27-15)20(13-26-28)17-5-9-19(30-2)10-6-17/h3-11,13H,12,14H2,1-2H3,(H,25,29). The molecule has 1 N–H and O–H groups in total. The highest BCUT2D eigenvalue weighted by atomic mass is 35.5. The van der Waals surface area contributed by atoms with Gasteiger partial charge in [0.1, 0.15) is 10.8 Å². The van der Waals surface area contributed by atoms with E-state index in [0.29, 0.717) is 11.6 Å². The van der Waals surface area contributed by atoms with Gasteiger partial charge < -0.3 is 10.1 Å². The predicted octanol–water partition coefficient (Wildman–Crippen LogP) is 4.78. The Labute approximate surface area is 189 Å². The molecule has 0 spiro atoms. The highest BCUT2D eigenvalue weighted by Gasteiger charge is 2.14. The third kappa shape index (κ3) is 5.00. The molecule has 0 radical (unpaired) electrons. The van der Waals surface area contributed by atoms with Gasteiger partial charge in [-0.05, 0) is 48.4 Å². The molecule has 4 rings (SSSR count). The molecular formula is C23H21ClN4O2S. The van der Waals surface area contributed by atoms with E-state index in [-0.39, 0.29) is 11.7 Å². The smallest absolute Gasteiger partial charge is 0.230 e. The number of methoxy groups -OCH3 is 1. The number of benzene rings is 2. The summed E-state index contributed by atoms with van der Waals surface area (Å²) in [6.07, 6.45) is 1.80. The number of nitrogens with one attached hydrogen (secondary N) is 1. The Morgan fingerprint density at radius 1 is 1.16 bits per heavy atom. The number of ether oxygens (including phenoxy) is 1. The number of aromatic nitrogens is 3. The molecule has 8 heteroatoms.